The van der Waals surface area contributed by atoms with Crippen LogP contribution in [0.1, 0.15) is 28.4 Å². The number of hydrogen-bond donors (Lipinski definition) is 1. The Kier molecular flexibility index (Phi) is 5.67. The van der Waals surface area contributed by atoms with Crippen molar-refractivity contribution in [3.8, 4) is 22.8 Å². The van der Waals surface area contributed by atoms with Crippen molar-refractivity contribution in [2.75, 3.05) is 0 Å². The average Bonchev–Trinajstić information content (AvgIpc) is 3.22. The maximum Gasteiger partial charge on any atom is 0.573 e. The number of carbonyl (C=O) groups is 1. The van der Waals surface area contributed by atoms with Crippen LogP contribution in [0.25, 0.3) is 11.3 Å². The van der Waals surface area contributed by atoms with Gasteiger partial charge in [-0.15, -0.1) is 13.2 Å². The molecule has 2 aromatic carbocycles. The summed E-state index contributed by atoms with van der Waals surface area (Å²) in [5, 5.41) is 13.0. The van der Waals surface area contributed by atoms with Crippen molar-refractivity contribution in [1.82, 2.24) is 4.98 Å². The summed E-state index contributed by atoms with van der Waals surface area (Å²) in [6, 6.07) is 15.1. The molecule has 3 aromatic rings. The quantitative estimate of drug-likeness (QED) is 0.582. The van der Waals surface area contributed by atoms with Gasteiger partial charge in [-0.1, -0.05) is 29.4 Å². The molecular weight excluding hydrogens is 429 g/mol. The van der Waals surface area contributed by atoms with E-state index in [0.29, 0.717) is 22.6 Å². The molecule has 0 unspecified atom stereocenters. The number of carboxylic acids is 1. The Hall–Kier alpha value is -4.08. The molecule has 1 N–H and O–H groups in total. The maximum absolute atomic E-state index is 12.3. The van der Waals surface area contributed by atoms with Crippen LogP contribution in [0.2, 0.25) is 0 Å². The lowest BCUT2D eigenvalue weighted by molar-refractivity contribution is -0.274. The first kappa shape index (κ1) is 21.2. The Morgan fingerprint density at radius 2 is 1.81 bits per heavy atom. The van der Waals surface area contributed by atoms with Crippen molar-refractivity contribution >= 4 is 11.9 Å². The lowest BCUT2D eigenvalue weighted by Crippen LogP contribution is -2.17. The third-order valence-electron chi connectivity index (χ3n) is 4.50. The predicted octanol–water partition coefficient (Wildman–Crippen LogP) is 5.20. The minimum atomic E-state index is -4.75. The molecular formula is C22H15F3N2O5. The molecule has 32 heavy (non-hydrogen) atoms. The van der Waals surface area contributed by atoms with E-state index in [1.54, 1.807) is 24.3 Å². The molecule has 0 bridgehead atoms. The molecule has 4 rings (SSSR count). The summed E-state index contributed by atoms with van der Waals surface area (Å²) in [7, 11) is 0. The van der Waals surface area contributed by atoms with Gasteiger partial charge in [-0.05, 0) is 42.0 Å². The SMILES string of the molecule is O=C(O)c1cccc(-c2ccc(OC3=NO[C@H](c4ccc(OC(F)(F)F)cc4)C3)cn2)c1. The van der Waals surface area contributed by atoms with E-state index in [1.807, 2.05) is 0 Å². The molecule has 1 aliphatic rings. The zero-order valence-corrected chi connectivity index (χ0v) is 16.2. The number of carboxylic acid groups (broad SMARTS) is 1. The van der Waals surface area contributed by atoms with Crippen molar-refractivity contribution in [2.45, 2.75) is 18.9 Å². The van der Waals surface area contributed by atoms with E-state index >= 15 is 0 Å². The summed E-state index contributed by atoms with van der Waals surface area (Å²) in [5.74, 6) is -0.659. The van der Waals surface area contributed by atoms with Crippen LogP contribution in [0.4, 0.5) is 13.2 Å². The van der Waals surface area contributed by atoms with E-state index in [1.165, 1.54) is 42.6 Å². The van der Waals surface area contributed by atoms with E-state index in [9.17, 15) is 18.0 Å². The van der Waals surface area contributed by atoms with Crippen molar-refractivity contribution in [2.24, 2.45) is 5.16 Å². The molecule has 0 saturated heterocycles. The van der Waals surface area contributed by atoms with Gasteiger partial charge in [-0.3, -0.25) is 4.98 Å². The van der Waals surface area contributed by atoms with Gasteiger partial charge >= 0.3 is 12.3 Å². The highest BCUT2D eigenvalue weighted by molar-refractivity contribution is 5.89. The minimum absolute atomic E-state index is 0.158. The number of aromatic carboxylic acids is 1. The Morgan fingerprint density at radius 1 is 1.06 bits per heavy atom. The zero-order valence-electron chi connectivity index (χ0n) is 16.2. The van der Waals surface area contributed by atoms with Gasteiger partial charge < -0.3 is 19.4 Å². The Morgan fingerprint density at radius 3 is 2.47 bits per heavy atom. The van der Waals surface area contributed by atoms with E-state index in [2.05, 4.69) is 14.9 Å². The molecule has 0 amide bonds. The molecule has 10 heteroatoms. The largest absolute Gasteiger partial charge is 0.573 e. The summed E-state index contributed by atoms with van der Waals surface area (Å²) in [4.78, 5) is 20.7. The number of nitrogens with zero attached hydrogens (tertiary/aromatic N) is 2. The number of pyridine rings is 1. The topological polar surface area (TPSA) is 90.2 Å². The minimum Gasteiger partial charge on any atom is -0.478 e. The first-order valence-electron chi connectivity index (χ1n) is 9.33. The first-order valence-corrected chi connectivity index (χ1v) is 9.33. The maximum atomic E-state index is 12.3. The Bertz CT molecular complexity index is 1150. The second kappa shape index (κ2) is 8.58. The van der Waals surface area contributed by atoms with E-state index in [0.717, 1.165) is 0 Å². The van der Waals surface area contributed by atoms with Crippen molar-refractivity contribution in [1.29, 1.82) is 0 Å². The zero-order chi connectivity index (χ0) is 22.7. The van der Waals surface area contributed by atoms with Gasteiger partial charge in [-0.25, -0.2) is 4.79 Å². The van der Waals surface area contributed by atoms with Crippen LogP contribution < -0.4 is 9.47 Å². The van der Waals surface area contributed by atoms with Crippen molar-refractivity contribution < 1.29 is 37.4 Å². The third kappa shape index (κ3) is 5.15. The number of oxime groups is 1. The van der Waals surface area contributed by atoms with Gasteiger partial charge in [0.2, 0.25) is 5.90 Å². The highest BCUT2D eigenvalue weighted by Crippen LogP contribution is 2.31. The molecule has 0 saturated carbocycles. The number of halogens is 3. The van der Waals surface area contributed by atoms with Crippen LogP contribution in [0.5, 0.6) is 11.5 Å². The summed E-state index contributed by atoms with van der Waals surface area (Å²) >= 11 is 0. The predicted molar refractivity (Wildman–Crippen MR) is 106 cm³/mol. The monoisotopic (exact) mass is 444 g/mol. The van der Waals surface area contributed by atoms with Crippen LogP contribution in [0, 0.1) is 0 Å². The summed E-state index contributed by atoms with van der Waals surface area (Å²) < 4.78 is 46.3. The Balaban J connectivity index is 1.36. The van der Waals surface area contributed by atoms with Crippen LogP contribution in [-0.2, 0) is 4.84 Å². The molecule has 1 aliphatic heterocycles. The summed E-state index contributed by atoms with van der Waals surface area (Å²) in [5.41, 5.74) is 2.00. The number of alkyl halides is 3. The van der Waals surface area contributed by atoms with Crippen molar-refractivity contribution in [3.63, 3.8) is 0 Å². The fourth-order valence-corrected chi connectivity index (χ4v) is 3.04. The molecule has 0 radical (unpaired) electrons. The molecule has 1 atom stereocenters. The highest BCUT2D eigenvalue weighted by atomic mass is 19.4. The Labute approximate surface area is 179 Å². The van der Waals surface area contributed by atoms with E-state index < -0.39 is 18.4 Å². The van der Waals surface area contributed by atoms with Gasteiger partial charge in [0.25, 0.3) is 0 Å². The molecule has 7 nitrogen and oxygen atoms in total. The van der Waals surface area contributed by atoms with Gasteiger partial charge in [0, 0.05) is 5.56 Å². The van der Waals surface area contributed by atoms with E-state index in [4.69, 9.17) is 14.7 Å². The average molecular weight is 444 g/mol. The number of hydrogen-bond acceptors (Lipinski definition) is 6. The molecule has 0 fully saturated rings. The van der Waals surface area contributed by atoms with Gasteiger partial charge in [0.05, 0.1) is 23.9 Å². The normalized spacial score (nSPS) is 15.6. The summed E-state index contributed by atoms with van der Waals surface area (Å²) in [6.07, 6.45) is -3.50. The summed E-state index contributed by atoms with van der Waals surface area (Å²) in [6.45, 7) is 0. The lowest BCUT2D eigenvalue weighted by atomic mass is 10.1. The second-order valence-corrected chi connectivity index (χ2v) is 6.77. The van der Waals surface area contributed by atoms with Crippen LogP contribution in [0.3, 0.4) is 0 Å². The third-order valence-corrected chi connectivity index (χ3v) is 4.50. The van der Waals surface area contributed by atoms with Crippen LogP contribution in [0.15, 0.2) is 72.0 Å². The van der Waals surface area contributed by atoms with Crippen LogP contribution in [-0.4, -0.2) is 28.3 Å². The van der Waals surface area contributed by atoms with Gasteiger partial charge in [-0.2, -0.15) is 0 Å². The van der Waals surface area contributed by atoms with Gasteiger partial charge in [0.15, 0.2) is 6.10 Å². The lowest BCUT2D eigenvalue weighted by Gasteiger charge is -2.11. The fraction of sp³-hybridized carbons (Fsp3) is 0.136. The molecule has 1 aromatic heterocycles. The molecule has 0 spiro atoms. The number of benzene rings is 2. The number of ether oxygens (including phenoxy) is 2. The highest BCUT2D eigenvalue weighted by Gasteiger charge is 2.31. The van der Waals surface area contributed by atoms with Gasteiger partial charge in [0.1, 0.15) is 11.5 Å². The smallest absolute Gasteiger partial charge is 0.478 e. The van der Waals surface area contributed by atoms with E-state index in [-0.39, 0.29) is 23.6 Å². The first-order chi connectivity index (χ1) is 15.3. The fourth-order valence-electron chi connectivity index (χ4n) is 3.04. The van der Waals surface area contributed by atoms with Crippen LogP contribution >= 0.6 is 0 Å². The van der Waals surface area contributed by atoms with Crippen molar-refractivity contribution in [3.05, 3.63) is 78.0 Å². The standard InChI is InChI=1S/C22H15F3N2O5/c23-22(24,25)31-16-6-4-13(5-7-16)19-11-20(27-32-19)30-17-8-9-18(26-12-17)14-2-1-3-15(10-14)21(28)29/h1-10,12,19H,11H2,(H,28,29)/t19-/m0/s1. The molecule has 2 heterocycles. The molecule has 0 aliphatic carbocycles. The molecule has 164 valence electrons. The number of aromatic nitrogens is 1. The number of rotatable bonds is 5. The second-order valence-electron chi connectivity index (χ2n) is 6.77.